The summed E-state index contributed by atoms with van der Waals surface area (Å²) < 4.78 is 19.2. The zero-order valence-electron chi connectivity index (χ0n) is 15.0. The summed E-state index contributed by atoms with van der Waals surface area (Å²) >= 11 is 0. The van der Waals surface area contributed by atoms with E-state index in [9.17, 15) is 14.0 Å². The highest BCUT2D eigenvalue weighted by molar-refractivity contribution is 5.90. The Morgan fingerprint density at radius 3 is 2.52 bits per heavy atom. The van der Waals surface area contributed by atoms with E-state index in [1.54, 1.807) is 28.0 Å². The van der Waals surface area contributed by atoms with Crippen molar-refractivity contribution in [1.29, 1.82) is 0 Å². The molecule has 0 N–H and O–H groups in total. The van der Waals surface area contributed by atoms with E-state index in [1.807, 2.05) is 20.8 Å². The minimum absolute atomic E-state index is 0.0193. The fourth-order valence-electron chi connectivity index (χ4n) is 3.33. The van der Waals surface area contributed by atoms with Crippen LogP contribution < -0.4 is 0 Å². The quantitative estimate of drug-likeness (QED) is 0.838. The lowest BCUT2D eigenvalue weighted by atomic mass is 10.0. The molecule has 25 heavy (non-hydrogen) atoms. The average Bonchev–Trinajstić information content (AvgIpc) is 2.89. The minimum atomic E-state index is -0.276. The number of carbonyl (C=O) groups is 2. The molecule has 1 aromatic carbocycles. The van der Waals surface area contributed by atoms with Gasteiger partial charge in [0.25, 0.3) is 0 Å². The first-order chi connectivity index (χ1) is 11.8. The summed E-state index contributed by atoms with van der Waals surface area (Å²) in [6, 6.07) is 6.53. The van der Waals surface area contributed by atoms with Gasteiger partial charge < -0.3 is 14.5 Å². The summed E-state index contributed by atoms with van der Waals surface area (Å²) in [6.07, 6.45) is 0.215. The van der Waals surface area contributed by atoms with E-state index >= 15 is 0 Å². The standard InChI is InChI=1S/C19H25FN2O3/c1-19(2,3)22-9-14(8-17(22)23)18(24)21-10-15(11-21)25-12-13-6-4-5-7-16(13)20/h4-7,14-15H,8-12H2,1-3H3/t14-/m1/s1. The van der Waals surface area contributed by atoms with Crippen molar-refractivity contribution >= 4 is 11.8 Å². The lowest BCUT2D eigenvalue weighted by molar-refractivity contribution is -0.150. The minimum Gasteiger partial charge on any atom is -0.370 e. The third kappa shape index (κ3) is 3.84. The van der Waals surface area contributed by atoms with Crippen LogP contribution in [-0.2, 0) is 20.9 Å². The van der Waals surface area contributed by atoms with Crippen molar-refractivity contribution in [3.63, 3.8) is 0 Å². The van der Waals surface area contributed by atoms with Crippen LogP contribution in [0.3, 0.4) is 0 Å². The van der Waals surface area contributed by atoms with Gasteiger partial charge in [0.1, 0.15) is 5.82 Å². The molecule has 2 aliphatic rings. The number of halogens is 1. The van der Waals surface area contributed by atoms with Gasteiger partial charge in [-0.3, -0.25) is 9.59 Å². The highest BCUT2D eigenvalue weighted by Gasteiger charge is 2.43. The lowest BCUT2D eigenvalue weighted by Gasteiger charge is -2.40. The number of hydrogen-bond donors (Lipinski definition) is 0. The van der Waals surface area contributed by atoms with E-state index < -0.39 is 0 Å². The highest BCUT2D eigenvalue weighted by Crippen LogP contribution is 2.28. The Kier molecular flexibility index (Phi) is 4.82. The summed E-state index contributed by atoms with van der Waals surface area (Å²) in [5.41, 5.74) is 0.265. The number of ether oxygens (including phenoxy) is 1. The summed E-state index contributed by atoms with van der Waals surface area (Å²) in [5, 5.41) is 0. The largest absolute Gasteiger partial charge is 0.370 e. The second-order valence-electron chi connectivity index (χ2n) is 7.84. The number of likely N-dealkylation sites (tertiary alicyclic amines) is 2. The van der Waals surface area contributed by atoms with E-state index in [0.717, 1.165) is 0 Å². The Bertz CT molecular complexity index is 665. The molecule has 1 aromatic rings. The molecule has 2 fully saturated rings. The predicted octanol–water partition coefficient (Wildman–Crippen LogP) is 2.20. The summed E-state index contributed by atoms with van der Waals surface area (Å²) in [5.74, 6) is -0.481. The molecule has 136 valence electrons. The van der Waals surface area contributed by atoms with Crippen molar-refractivity contribution in [2.45, 2.75) is 45.4 Å². The predicted molar refractivity (Wildman–Crippen MR) is 91.1 cm³/mol. The van der Waals surface area contributed by atoms with E-state index in [2.05, 4.69) is 0 Å². The maximum absolute atomic E-state index is 13.6. The van der Waals surface area contributed by atoms with Crippen molar-refractivity contribution in [1.82, 2.24) is 9.80 Å². The molecule has 0 aliphatic carbocycles. The van der Waals surface area contributed by atoms with Gasteiger partial charge in [-0.2, -0.15) is 0 Å². The average molecular weight is 348 g/mol. The molecule has 0 unspecified atom stereocenters. The second kappa shape index (κ2) is 6.75. The van der Waals surface area contributed by atoms with Crippen LogP contribution >= 0.6 is 0 Å². The Hall–Kier alpha value is -1.95. The molecular weight excluding hydrogens is 323 g/mol. The third-order valence-electron chi connectivity index (χ3n) is 4.88. The zero-order valence-corrected chi connectivity index (χ0v) is 15.0. The Labute approximate surface area is 147 Å². The molecule has 1 atom stereocenters. The van der Waals surface area contributed by atoms with Gasteiger partial charge in [-0.25, -0.2) is 4.39 Å². The second-order valence-corrected chi connectivity index (χ2v) is 7.84. The first-order valence-electron chi connectivity index (χ1n) is 8.70. The monoisotopic (exact) mass is 348 g/mol. The maximum atomic E-state index is 13.6. The number of carbonyl (C=O) groups excluding carboxylic acids is 2. The van der Waals surface area contributed by atoms with Gasteiger partial charge in [-0.15, -0.1) is 0 Å². The third-order valence-corrected chi connectivity index (χ3v) is 4.88. The normalized spacial score (nSPS) is 21.6. The van der Waals surface area contributed by atoms with Gasteiger partial charge in [0.15, 0.2) is 0 Å². The van der Waals surface area contributed by atoms with Crippen LogP contribution in [0.4, 0.5) is 4.39 Å². The molecule has 2 amide bonds. The molecule has 2 aliphatic heterocycles. The van der Waals surface area contributed by atoms with Crippen LogP contribution in [0.15, 0.2) is 24.3 Å². The molecule has 0 spiro atoms. The van der Waals surface area contributed by atoms with Crippen LogP contribution in [-0.4, -0.2) is 52.9 Å². The fourth-order valence-corrected chi connectivity index (χ4v) is 3.33. The van der Waals surface area contributed by atoms with Crippen LogP contribution in [0.5, 0.6) is 0 Å². The summed E-state index contributed by atoms with van der Waals surface area (Å²) in [6.45, 7) is 7.65. The van der Waals surface area contributed by atoms with Crippen molar-refractivity contribution in [2.75, 3.05) is 19.6 Å². The van der Waals surface area contributed by atoms with Gasteiger partial charge in [-0.05, 0) is 26.8 Å². The van der Waals surface area contributed by atoms with Gasteiger partial charge in [-0.1, -0.05) is 18.2 Å². The molecule has 0 saturated carbocycles. The number of amides is 2. The number of rotatable bonds is 4. The molecule has 2 saturated heterocycles. The van der Waals surface area contributed by atoms with Crippen molar-refractivity contribution in [3.8, 4) is 0 Å². The molecule has 2 heterocycles. The lowest BCUT2D eigenvalue weighted by Crippen LogP contribution is -2.56. The van der Waals surface area contributed by atoms with Crippen molar-refractivity contribution < 1.29 is 18.7 Å². The zero-order chi connectivity index (χ0) is 18.2. The SMILES string of the molecule is CC(C)(C)N1C[C@H](C(=O)N2CC(OCc3ccccc3F)C2)CC1=O. The van der Waals surface area contributed by atoms with E-state index in [-0.39, 0.29) is 48.2 Å². The molecule has 3 rings (SSSR count). The van der Waals surface area contributed by atoms with Crippen LogP contribution in [0, 0.1) is 11.7 Å². The Morgan fingerprint density at radius 2 is 1.92 bits per heavy atom. The fraction of sp³-hybridized carbons (Fsp3) is 0.579. The Morgan fingerprint density at radius 1 is 1.24 bits per heavy atom. The number of nitrogens with zero attached hydrogens (tertiary/aromatic N) is 2. The number of benzene rings is 1. The highest BCUT2D eigenvalue weighted by atomic mass is 19.1. The molecule has 0 bridgehead atoms. The molecule has 6 heteroatoms. The van der Waals surface area contributed by atoms with Crippen LogP contribution in [0.25, 0.3) is 0 Å². The summed E-state index contributed by atoms with van der Waals surface area (Å²) in [7, 11) is 0. The smallest absolute Gasteiger partial charge is 0.228 e. The van der Waals surface area contributed by atoms with Crippen LogP contribution in [0.2, 0.25) is 0 Å². The molecular formula is C19H25FN2O3. The van der Waals surface area contributed by atoms with E-state index in [4.69, 9.17) is 4.74 Å². The van der Waals surface area contributed by atoms with Gasteiger partial charge in [0, 0.05) is 37.2 Å². The van der Waals surface area contributed by atoms with Crippen molar-refractivity contribution in [2.24, 2.45) is 5.92 Å². The Balaban J connectivity index is 1.46. The van der Waals surface area contributed by atoms with E-state index in [0.29, 0.717) is 25.2 Å². The number of hydrogen-bond acceptors (Lipinski definition) is 3. The van der Waals surface area contributed by atoms with Gasteiger partial charge in [0.05, 0.1) is 18.6 Å². The molecule has 0 radical (unpaired) electrons. The first kappa shape index (κ1) is 17.9. The van der Waals surface area contributed by atoms with Crippen molar-refractivity contribution in [3.05, 3.63) is 35.6 Å². The maximum Gasteiger partial charge on any atom is 0.228 e. The van der Waals surface area contributed by atoms with Gasteiger partial charge in [0.2, 0.25) is 11.8 Å². The van der Waals surface area contributed by atoms with Crippen LogP contribution in [0.1, 0.15) is 32.8 Å². The first-order valence-corrected chi connectivity index (χ1v) is 8.70. The summed E-state index contributed by atoms with van der Waals surface area (Å²) in [4.78, 5) is 28.2. The van der Waals surface area contributed by atoms with E-state index in [1.165, 1.54) is 6.07 Å². The topological polar surface area (TPSA) is 49.9 Å². The van der Waals surface area contributed by atoms with Gasteiger partial charge >= 0.3 is 0 Å². The molecule has 0 aromatic heterocycles. The molecule has 5 nitrogen and oxygen atoms in total.